The Morgan fingerprint density at radius 1 is 1.25 bits per heavy atom. The van der Waals surface area contributed by atoms with Crippen LogP contribution in [0.1, 0.15) is 20.1 Å². The predicted molar refractivity (Wildman–Crippen MR) is 91.5 cm³/mol. The van der Waals surface area contributed by atoms with Gasteiger partial charge in [-0.3, -0.25) is 4.57 Å². The van der Waals surface area contributed by atoms with E-state index in [0.29, 0.717) is 27.0 Å². The molecule has 0 aliphatic carbocycles. The minimum absolute atomic E-state index is 0.0728. The molecule has 0 radical (unpaired) electrons. The van der Waals surface area contributed by atoms with Crippen LogP contribution in [0.15, 0.2) is 12.1 Å². The first kappa shape index (κ1) is 17.7. The SMILES string of the molecule is CC(C)Nc1nc2cc(Cl)c(Cl)cc2n1[C@@H]1O[C@@H](CO)[C@@H](O)[C@H]1O. The molecule has 24 heavy (non-hydrogen) atoms. The number of halogens is 2. The molecule has 1 aromatic heterocycles. The zero-order chi connectivity index (χ0) is 17.6. The number of ether oxygens (including phenoxy) is 1. The Balaban J connectivity index is 2.15. The number of hydrogen-bond acceptors (Lipinski definition) is 6. The number of anilines is 1. The van der Waals surface area contributed by atoms with Crippen LogP contribution in [0.3, 0.4) is 0 Å². The molecule has 1 saturated heterocycles. The summed E-state index contributed by atoms with van der Waals surface area (Å²) in [6.45, 7) is 3.49. The minimum atomic E-state index is -1.22. The monoisotopic (exact) mass is 375 g/mol. The van der Waals surface area contributed by atoms with E-state index in [1.54, 1.807) is 16.7 Å². The number of benzene rings is 1. The number of rotatable bonds is 4. The van der Waals surface area contributed by atoms with Gasteiger partial charge in [-0.1, -0.05) is 23.2 Å². The Kier molecular flexibility index (Phi) is 4.92. The van der Waals surface area contributed by atoms with E-state index in [-0.39, 0.29) is 6.04 Å². The van der Waals surface area contributed by atoms with Crippen LogP contribution < -0.4 is 5.32 Å². The van der Waals surface area contributed by atoms with Crippen LogP contribution in [0.4, 0.5) is 5.95 Å². The molecule has 1 aromatic carbocycles. The molecular weight excluding hydrogens is 357 g/mol. The number of hydrogen-bond donors (Lipinski definition) is 4. The second kappa shape index (κ2) is 6.67. The smallest absolute Gasteiger partial charge is 0.206 e. The number of nitrogens with one attached hydrogen (secondary N) is 1. The highest BCUT2D eigenvalue weighted by Gasteiger charge is 2.44. The van der Waals surface area contributed by atoms with Crippen LogP contribution in [0, 0.1) is 0 Å². The molecule has 1 aliphatic rings. The van der Waals surface area contributed by atoms with Crippen molar-refractivity contribution in [3.8, 4) is 0 Å². The van der Waals surface area contributed by atoms with Crippen molar-refractivity contribution < 1.29 is 20.1 Å². The topological polar surface area (TPSA) is 99.8 Å². The average molecular weight is 376 g/mol. The van der Waals surface area contributed by atoms with Crippen molar-refractivity contribution in [2.75, 3.05) is 11.9 Å². The number of aromatic nitrogens is 2. The van der Waals surface area contributed by atoms with E-state index in [1.165, 1.54) is 0 Å². The summed E-state index contributed by atoms with van der Waals surface area (Å²) in [6.07, 6.45) is -4.22. The van der Waals surface area contributed by atoms with Gasteiger partial charge in [0.15, 0.2) is 6.23 Å². The van der Waals surface area contributed by atoms with Gasteiger partial charge in [0.05, 0.1) is 27.7 Å². The van der Waals surface area contributed by atoms with Crippen molar-refractivity contribution in [2.24, 2.45) is 0 Å². The molecule has 0 bridgehead atoms. The maximum atomic E-state index is 10.4. The van der Waals surface area contributed by atoms with E-state index in [2.05, 4.69) is 10.3 Å². The van der Waals surface area contributed by atoms with Crippen LogP contribution in [-0.4, -0.2) is 55.8 Å². The van der Waals surface area contributed by atoms with E-state index in [9.17, 15) is 15.3 Å². The Hall–Kier alpha value is -1.09. The van der Waals surface area contributed by atoms with E-state index < -0.39 is 31.1 Å². The lowest BCUT2D eigenvalue weighted by Crippen LogP contribution is -2.33. The summed E-state index contributed by atoms with van der Waals surface area (Å²) in [4.78, 5) is 4.48. The second-order valence-electron chi connectivity index (χ2n) is 6.09. The normalized spacial score (nSPS) is 27.3. The molecule has 9 heteroatoms. The van der Waals surface area contributed by atoms with Gasteiger partial charge in [0.25, 0.3) is 0 Å². The van der Waals surface area contributed by atoms with Gasteiger partial charge in [0.2, 0.25) is 5.95 Å². The third kappa shape index (κ3) is 2.96. The summed E-state index contributed by atoms with van der Waals surface area (Å²) in [5.74, 6) is 0.452. The summed E-state index contributed by atoms with van der Waals surface area (Å²) >= 11 is 12.2. The molecule has 1 fully saturated rings. The standard InChI is InChI=1S/C15H19Cl2N3O4/c1-6(2)18-15-19-9-3-7(16)8(17)4-10(9)20(15)14-13(23)12(22)11(5-21)24-14/h3-4,6,11-14,21-23H,5H2,1-2H3,(H,18,19)/t11-,12+,13+,14+/m0/s1. The summed E-state index contributed by atoms with van der Waals surface area (Å²) in [6, 6.07) is 3.33. The van der Waals surface area contributed by atoms with Gasteiger partial charge < -0.3 is 25.4 Å². The first-order chi connectivity index (χ1) is 11.3. The van der Waals surface area contributed by atoms with E-state index in [4.69, 9.17) is 27.9 Å². The lowest BCUT2D eigenvalue weighted by molar-refractivity contribution is -0.0499. The average Bonchev–Trinajstić information content (AvgIpc) is 2.97. The van der Waals surface area contributed by atoms with Gasteiger partial charge in [0, 0.05) is 6.04 Å². The van der Waals surface area contributed by atoms with Crippen molar-refractivity contribution >= 4 is 40.2 Å². The van der Waals surface area contributed by atoms with Crippen molar-refractivity contribution in [1.29, 1.82) is 0 Å². The maximum absolute atomic E-state index is 10.4. The summed E-state index contributed by atoms with van der Waals surface area (Å²) < 4.78 is 7.26. The summed E-state index contributed by atoms with van der Waals surface area (Å²) in [7, 11) is 0. The van der Waals surface area contributed by atoms with Crippen molar-refractivity contribution in [3.63, 3.8) is 0 Å². The predicted octanol–water partition coefficient (Wildman–Crippen LogP) is 1.77. The van der Waals surface area contributed by atoms with Gasteiger partial charge in [-0.2, -0.15) is 0 Å². The maximum Gasteiger partial charge on any atom is 0.206 e. The van der Waals surface area contributed by atoms with Crippen molar-refractivity contribution in [2.45, 2.75) is 44.4 Å². The Bertz CT molecular complexity index is 752. The summed E-state index contributed by atoms with van der Waals surface area (Å²) in [5.41, 5.74) is 1.17. The highest BCUT2D eigenvalue weighted by Crippen LogP contribution is 2.37. The molecule has 3 rings (SSSR count). The van der Waals surface area contributed by atoms with Crippen molar-refractivity contribution in [3.05, 3.63) is 22.2 Å². The molecule has 1 aliphatic heterocycles. The fourth-order valence-corrected chi connectivity index (χ4v) is 3.12. The number of fused-ring (bicyclic) bond motifs is 1. The molecule has 0 amide bonds. The quantitative estimate of drug-likeness (QED) is 0.649. The Labute approximate surface area is 148 Å². The molecule has 4 atom stereocenters. The minimum Gasteiger partial charge on any atom is -0.394 e. The van der Waals surface area contributed by atoms with Crippen LogP contribution in [0.25, 0.3) is 11.0 Å². The Morgan fingerprint density at radius 3 is 2.50 bits per heavy atom. The fraction of sp³-hybridized carbons (Fsp3) is 0.533. The Morgan fingerprint density at radius 2 is 1.92 bits per heavy atom. The molecular formula is C15H19Cl2N3O4. The van der Waals surface area contributed by atoms with Crippen LogP contribution in [-0.2, 0) is 4.74 Å². The molecule has 0 spiro atoms. The van der Waals surface area contributed by atoms with Gasteiger partial charge in [-0.25, -0.2) is 4.98 Å². The molecule has 2 heterocycles. The second-order valence-corrected chi connectivity index (χ2v) is 6.90. The zero-order valence-electron chi connectivity index (χ0n) is 13.1. The van der Waals surface area contributed by atoms with E-state index in [1.807, 2.05) is 13.8 Å². The number of aliphatic hydroxyl groups is 3. The molecule has 7 nitrogen and oxygen atoms in total. The lowest BCUT2D eigenvalue weighted by Gasteiger charge is -2.21. The van der Waals surface area contributed by atoms with Gasteiger partial charge in [-0.05, 0) is 26.0 Å². The van der Waals surface area contributed by atoms with Gasteiger partial charge in [0.1, 0.15) is 18.3 Å². The number of imidazole rings is 1. The third-order valence-electron chi connectivity index (χ3n) is 3.92. The zero-order valence-corrected chi connectivity index (χ0v) is 14.7. The van der Waals surface area contributed by atoms with E-state index >= 15 is 0 Å². The van der Waals surface area contributed by atoms with Crippen molar-refractivity contribution in [1.82, 2.24) is 9.55 Å². The summed E-state index contributed by atoms with van der Waals surface area (Å²) in [5, 5.41) is 33.6. The van der Waals surface area contributed by atoms with Crippen LogP contribution >= 0.6 is 23.2 Å². The van der Waals surface area contributed by atoms with Gasteiger partial charge >= 0.3 is 0 Å². The third-order valence-corrected chi connectivity index (χ3v) is 4.64. The fourth-order valence-electron chi connectivity index (χ4n) is 2.80. The molecule has 0 unspecified atom stereocenters. The first-order valence-corrected chi connectivity index (χ1v) is 8.35. The largest absolute Gasteiger partial charge is 0.394 e. The molecule has 2 aromatic rings. The van der Waals surface area contributed by atoms with Gasteiger partial charge in [-0.15, -0.1) is 0 Å². The molecule has 4 N–H and O–H groups in total. The first-order valence-electron chi connectivity index (χ1n) is 7.59. The number of aliphatic hydroxyl groups excluding tert-OH is 3. The highest BCUT2D eigenvalue weighted by molar-refractivity contribution is 6.42. The lowest BCUT2D eigenvalue weighted by atomic mass is 10.1. The molecule has 132 valence electrons. The van der Waals surface area contributed by atoms with Crippen LogP contribution in [0.5, 0.6) is 0 Å². The number of nitrogens with zero attached hydrogens (tertiary/aromatic N) is 2. The highest BCUT2D eigenvalue weighted by atomic mass is 35.5. The molecule has 0 saturated carbocycles. The van der Waals surface area contributed by atoms with Crippen LogP contribution in [0.2, 0.25) is 10.0 Å². The van der Waals surface area contributed by atoms with E-state index in [0.717, 1.165) is 0 Å².